The van der Waals surface area contributed by atoms with Gasteiger partial charge in [0, 0.05) is 18.0 Å². The second-order valence-electron chi connectivity index (χ2n) is 5.04. The summed E-state index contributed by atoms with van der Waals surface area (Å²) < 4.78 is 5.61. The Morgan fingerprint density at radius 3 is 2.44 bits per heavy atom. The molecular formula is C18H13N3O4. The number of nitrogens with zero attached hydrogens (tertiary/aromatic N) is 2. The van der Waals surface area contributed by atoms with E-state index in [1.54, 1.807) is 54.9 Å². The van der Waals surface area contributed by atoms with Gasteiger partial charge in [-0.3, -0.25) is 19.9 Å². The van der Waals surface area contributed by atoms with E-state index in [1.807, 2.05) is 0 Å². The van der Waals surface area contributed by atoms with Gasteiger partial charge in [0.05, 0.1) is 11.1 Å². The molecule has 1 aromatic heterocycles. The van der Waals surface area contributed by atoms with Crippen LogP contribution in [0.4, 0.5) is 11.4 Å². The van der Waals surface area contributed by atoms with Gasteiger partial charge in [-0.2, -0.15) is 0 Å². The Morgan fingerprint density at radius 2 is 1.76 bits per heavy atom. The number of nitro benzene ring substituents is 1. The second-order valence-corrected chi connectivity index (χ2v) is 5.04. The van der Waals surface area contributed by atoms with Crippen LogP contribution in [-0.4, -0.2) is 15.8 Å². The summed E-state index contributed by atoms with van der Waals surface area (Å²) in [6, 6.07) is 16.0. The fourth-order valence-corrected chi connectivity index (χ4v) is 2.17. The van der Waals surface area contributed by atoms with Crippen molar-refractivity contribution < 1.29 is 14.5 Å². The van der Waals surface area contributed by atoms with Crippen LogP contribution in [0.3, 0.4) is 0 Å². The van der Waals surface area contributed by atoms with Crippen LogP contribution < -0.4 is 10.1 Å². The van der Waals surface area contributed by atoms with Crippen molar-refractivity contribution in [2.24, 2.45) is 0 Å². The lowest BCUT2D eigenvalue weighted by Gasteiger charge is -2.08. The molecule has 0 fully saturated rings. The predicted molar refractivity (Wildman–Crippen MR) is 91.8 cm³/mol. The Labute approximate surface area is 143 Å². The number of nitro groups is 1. The number of anilines is 1. The van der Waals surface area contributed by atoms with Gasteiger partial charge < -0.3 is 10.1 Å². The topological polar surface area (TPSA) is 94.4 Å². The molecule has 1 heterocycles. The van der Waals surface area contributed by atoms with Gasteiger partial charge >= 0.3 is 0 Å². The van der Waals surface area contributed by atoms with Crippen LogP contribution >= 0.6 is 0 Å². The van der Waals surface area contributed by atoms with Crippen molar-refractivity contribution in [3.05, 3.63) is 88.7 Å². The predicted octanol–water partition coefficient (Wildman–Crippen LogP) is 4.03. The molecule has 2 aromatic carbocycles. The Balaban J connectivity index is 1.71. The van der Waals surface area contributed by atoms with Gasteiger partial charge in [0.2, 0.25) is 0 Å². The van der Waals surface area contributed by atoms with E-state index in [0.717, 1.165) is 0 Å². The molecule has 0 aliphatic heterocycles. The number of aromatic nitrogens is 1. The number of para-hydroxylation sites is 1. The van der Waals surface area contributed by atoms with Crippen LogP contribution in [0.25, 0.3) is 0 Å². The zero-order valence-corrected chi connectivity index (χ0v) is 13.0. The molecule has 0 aliphatic rings. The summed E-state index contributed by atoms with van der Waals surface area (Å²) in [7, 11) is 0. The molecule has 1 amide bonds. The van der Waals surface area contributed by atoms with E-state index in [-0.39, 0.29) is 11.3 Å². The number of rotatable bonds is 5. The first kappa shape index (κ1) is 16.1. The summed E-state index contributed by atoms with van der Waals surface area (Å²) in [4.78, 5) is 26.6. The third kappa shape index (κ3) is 3.97. The average Bonchev–Trinajstić information content (AvgIpc) is 2.64. The first-order chi connectivity index (χ1) is 12.1. The average molecular weight is 335 g/mol. The first-order valence-electron chi connectivity index (χ1n) is 7.36. The largest absolute Gasteiger partial charge is 0.456 e. The van der Waals surface area contributed by atoms with Crippen molar-refractivity contribution in [1.29, 1.82) is 0 Å². The summed E-state index contributed by atoms with van der Waals surface area (Å²) in [5, 5.41) is 13.6. The Morgan fingerprint density at radius 1 is 1.00 bits per heavy atom. The summed E-state index contributed by atoms with van der Waals surface area (Å²) in [5.74, 6) is 0.629. The normalized spacial score (nSPS) is 10.1. The highest BCUT2D eigenvalue weighted by atomic mass is 16.6. The molecule has 0 spiro atoms. The van der Waals surface area contributed by atoms with Crippen molar-refractivity contribution in [3.63, 3.8) is 0 Å². The molecule has 3 aromatic rings. The highest BCUT2D eigenvalue weighted by Crippen LogP contribution is 2.23. The van der Waals surface area contributed by atoms with Crippen LogP contribution in [0.5, 0.6) is 11.5 Å². The van der Waals surface area contributed by atoms with Gasteiger partial charge in [0.1, 0.15) is 17.1 Å². The number of nitrogens with one attached hydrogen (secondary N) is 1. The molecule has 124 valence electrons. The van der Waals surface area contributed by atoms with Crippen molar-refractivity contribution >= 4 is 17.3 Å². The molecule has 0 radical (unpaired) electrons. The minimum Gasteiger partial charge on any atom is -0.456 e. The monoisotopic (exact) mass is 335 g/mol. The van der Waals surface area contributed by atoms with Crippen LogP contribution in [0.15, 0.2) is 73.1 Å². The molecule has 1 N–H and O–H groups in total. The molecule has 0 saturated carbocycles. The lowest BCUT2D eigenvalue weighted by Crippen LogP contribution is -2.13. The Kier molecular flexibility index (Phi) is 4.66. The van der Waals surface area contributed by atoms with Crippen LogP contribution in [-0.2, 0) is 0 Å². The molecular weight excluding hydrogens is 322 g/mol. The minimum atomic E-state index is -0.584. The number of amides is 1. The van der Waals surface area contributed by atoms with Crippen molar-refractivity contribution in [2.45, 2.75) is 0 Å². The Hall–Kier alpha value is -3.74. The smallest absolute Gasteiger partial charge is 0.282 e. The minimum absolute atomic E-state index is 0.00295. The number of hydrogen-bond acceptors (Lipinski definition) is 5. The highest BCUT2D eigenvalue weighted by molar-refractivity contribution is 6.07. The number of pyridine rings is 1. The second kappa shape index (κ2) is 7.22. The van der Waals surface area contributed by atoms with Crippen molar-refractivity contribution in [3.8, 4) is 11.5 Å². The van der Waals surface area contributed by atoms with Crippen molar-refractivity contribution in [2.75, 3.05) is 5.32 Å². The fourth-order valence-electron chi connectivity index (χ4n) is 2.17. The standard InChI is InChI=1S/C18H13N3O4/c22-18(16-5-1-2-6-17(16)21(23)24)20-13-7-9-14(10-8-13)25-15-4-3-11-19-12-15/h1-12H,(H,20,22). The zero-order valence-electron chi connectivity index (χ0n) is 13.0. The first-order valence-corrected chi connectivity index (χ1v) is 7.36. The molecule has 7 heteroatoms. The summed E-state index contributed by atoms with van der Waals surface area (Å²) >= 11 is 0. The van der Waals surface area contributed by atoms with E-state index in [0.29, 0.717) is 17.2 Å². The van der Waals surface area contributed by atoms with Gasteiger partial charge in [0.25, 0.3) is 11.6 Å². The van der Waals surface area contributed by atoms with E-state index < -0.39 is 10.8 Å². The molecule has 0 saturated heterocycles. The molecule has 0 atom stereocenters. The third-order valence-corrected chi connectivity index (χ3v) is 3.33. The zero-order chi connectivity index (χ0) is 17.6. The number of benzene rings is 2. The molecule has 0 bridgehead atoms. The quantitative estimate of drug-likeness (QED) is 0.561. The van der Waals surface area contributed by atoms with Crippen LogP contribution in [0.1, 0.15) is 10.4 Å². The van der Waals surface area contributed by atoms with E-state index >= 15 is 0 Å². The number of carbonyl (C=O) groups is 1. The van der Waals surface area contributed by atoms with Gasteiger partial charge in [0.15, 0.2) is 0 Å². The molecule has 25 heavy (non-hydrogen) atoms. The number of ether oxygens (including phenoxy) is 1. The highest BCUT2D eigenvalue weighted by Gasteiger charge is 2.19. The lowest BCUT2D eigenvalue weighted by molar-refractivity contribution is -0.385. The summed E-state index contributed by atoms with van der Waals surface area (Å²) in [5.41, 5.74) is 0.265. The maximum absolute atomic E-state index is 12.3. The summed E-state index contributed by atoms with van der Waals surface area (Å²) in [6.45, 7) is 0. The van der Waals surface area contributed by atoms with Gasteiger partial charge in [-0.25, -0.2) is 0 Å². The molecule has 3 rings (SSSR count). The summed E-state index contributed by atoms with van der Waals surface area (Å²) in [6.07, 6.45) is 3.23. The Bertz CT molecular complexity index is 896. The van der Waals surface area contributed by atoms with Gasteiger partial charge in [-0.1, -0.05) is 12.1 Å². The molecule has 0 unspecified atom stereocenters. The van der Waals surface area contributed by atoms with Crippen molar-refractivity contribution in [1.82, 2.24) is 4.98 Å². The van der Waals surface area contributed by atoms with E-state index in [2.05, 4.69) is 10.3 Å². The SMILES string of the molecule is O=C(Nc1ccc(Oc2cccnc2)cc1)c1ccccc1[N+](=O)[O-]. The lowest BCUT2D eigenvalue weighted by atomic mass is 10.1. The fraction of sp³-hybridized carbons (Fsp3) is 0. The van der Waals surface area contributed by atoms with E-state index in [1.165, 1.54) is 18.2 Å². The van der Waals surface area contributed by atoms with Gasteiger partial charge in [-0.05, 0) is 42.5 Å². The molecule has 0 aliphatic carbocycles. The van der Waals surface area contributed by atoms with Gasteiger partial charge in [-0.15, -0.1) is 0 Å². The third-order valence-electron chi connectivity index (χ3n) is 3.33. The van der Waals surface area contributed by atoms with Crippen LogP contribution in [0, 0.1) is 10.1 Å². The molecule has 7 nitrogen and oxygen atoms in total. The van der Waals surface area contributed by atoms with Crippen LogP contribution in [0.2, 0.25) is 0 Å². The van der Waals surface area contributed by atoms with E-state index in [9.17, 15) is 14.9 Å². The number of carbonyl (C=O) groups excluding carboxylic acids is 1. The maximum Gasteiger partial charge on any atom is 0.282 e. The number of hydrogen-bond donors (Lipinski definition) is 1. The maximum atomic E-state index is 12.3. The van der Waals surface area contributed by atoms with E-state index in [4.69, 9.17) is 4.74 Å².